The number of imidazole rings is 1. The molecule has 0 aliphatic carbocycles. The molecule has 0 aliphatic heterocycles. The lowest BCUT2D eigenvalue weighted by molar-refractivity contribution is 0.747. The van der Waals surface area contributed by atoms with Gasteiger partial charge in [0.1, 0.15) is 11.2 Å². The molecule has 3 aromatic heterocycles. The van der Waals surface area contributed by atoms with Gasteiger partial charge < -0.3 is 4.98 Å². The average molecular weight is 336 g/mol. The van der Waals surface area contributed by atoms with Crippen LogP contribution in [0.25, 0.3) is 22.7 Å². The Balaban J connectivity index is 1.93. The van der Waals surface area contributed by atoms with Gasteiger partial charge in [0.2, 0.25) is 0 Å². The highest BCUT2D eigenvalue weighted by atomic mass is 16.2. The molecule has 126 valence electrons. The molecule has 3 heterocycles. The van der Waals surface area contributed by atoms with Gasteiger partial charge in [0.15, 0.2) is 11.5 Å². The predicted octanol–water partition coefficient (Wildman–Crippen LogP) is 1.17. The van der Waals surface area contributed by atoms with E-state index in [0.29, 0.717) is 18.0 Å². The minimum Gasteiger partial charge on any atom is -0.331 e. The summed E-state index contributed by atoms with van der Waals surface area (Å²) in [4.78, 5) is 34.3. The topological polar surface area (TPSA) is 101 Å². The number of nitrogens with one attached hydrogen (secondary N) is 2. The van der Waals surface area contributed by atoms with E-state index in [4.69, 9.17) is 0 Å². The number of aromatic amines is 2. The van der Waals surface area contributed by atoms with Crippen molar-refractivity contribution in [1.29, 1.82) is 0 Å². The Bertz CT molecular complexity index is 1180. The third-order valence-electron chi connectivity index (χ3n) is 4.06. The van der Waals surface area contributed by atoms with E-state index < -0.39 is 11.2 Å². The molecule has 0 spiro atoms. The zero-order valence-electron chi connectivity index (χ0n) is 13.8. The zero-order chi connectivity index (χ0) is 17.6. The fourth-order valence-corrected chi connectivity index (χ4v) is 2.91. The highest BCUT2D eigenvalue weighted by Crippen LogP contribution is 2.19. The molecule has 1 aromatic carbocycles. The van der Waals surface area contributed by atoms with Crippen LogP contribution in [-0.2, 0) is 13.6 Å². The van der Waals surface area contributed by atoms with E-state index in [0.717, 1.165) is 17.0 Å². The third kappa shape index (κ3) is 2.57. The number of aryl methyl sites for hydroxylation is 2. The number of benzene rings is 1. The molecule has 8 heteroatoms. The Morgan fingerprint density at radius 3 is 2.56 bits per heavy atom. The van der Waals surface area contributed by atoms with E-state index in [2.05, 4.69) is 20.1 Å². The molecule has 0 saturated carbocycles. The van der Waals surface area contributed by atoms with Crippen LogP contribution in [0.5, 0.6) is 0 Å². The van der Waals surface area contributed by atoms with Gasteiger partial charge in [-0.05, 0) is 18.6 Å². The lowest BCUT2D eigenvalue weighted by atomic mass is 10.2. The molecule has 0 radical (unpaired) electrons. The Morgan fingerprint density at radius 1 is 1.12 bits per heavy atom. The van der Waals surface area contributed by atoms with Crippen LogP contribution < -0.4 is 11.2 Å². The molecule has 0 fully saturated rings. The second-order valence-corrected chi connectivity index (χ2v) is 5.91. The quantitative estimate of drug-likeness (QED) is 0.586. The van der Waals surface area contributed by atoms with Gasteiger partial charge in [-0.25, -0.2) is 9.78 Å². The van der Waals surface area contributed by atoms with E-state index in [9.17, 15) is 9.59 Å². The molecule has 4 rings (SSSR count). The molecule has 4 aromatic rings. The second kappa shape index (κ2) is 5.59. The van der Waals surface area contributed by atoms with Gasteiger partial charge in [-0.2, -0.15) is 5.10 Å². The van der Waals surface area contributed by atoms with Crippen LogP contribution in [0.1, 0.15) is 11.3 Å². The highest BCUT2D eigenvalue weighted by Gasteiger charge is 2.16. The fraction of sp³-hybridized carbons (Fsp3) is 0.176. The lowest BCUT2D eigenvalue weighted by Crippen LogP contribution is -2.30. The summed E-state index contributed by atoms with van der Waals surface area (Å²) in [6, 6.07) is 11.4. The standard InChI is InChI=1S/C17H16N6O2/c1-10-8-12(22(2)21-10)14-18-13-15(19-14)23(17(25)20-16(13)24)9-11-6-4-3-5-7-11/h3-8H,9H2,1-2H3,(H,18,19)(H,20,24,25). The molecular formula is C17H16N6O2. The summed E-state index contributed by atoms with van der Waals surface area (Å²) in [7, 11) is 1.80. The smallest absolute Gasteiger partial charge is 0.330 e. The number of aromatic nitrogens is 6. The summed E-state index contributed by atoms with van der Waals surface area (Å²) in [5, 5.41) is 4.29. The van der Waals surface area contributed by atoms with Crippen molar-refractivity contribution < 1.29 is 0 Å². The first-order chi connectivity index (χ1) is 12.0. The molecule has 0 unspecified atom stereocenters. The van der Waals surface area contributed by atoms with Crippen LogP contribution in [0, 0.1) is 6.92 Å². The Hall–Kier alpha value is -3.42. The van der Waals surface area contributed by atoms with Crippen LogP contribution in [-0.4, -0.2) is 29.3 Å². The monoisotopic (exact) mass is 336 g/mol. The maximum absolute atomic E-state index is 12.3. The van der Waals surface area contributed by atoms with Crippen LogP contribution in [0.3, 0.4) is 0 Å². The molecule has 0 bridgehead atoms. The number of hydrogen-bond acceptors (Lipinski definition) is 4. The van der Waals surface area contributed by atoms with Gasteiger partial charge >= 0.3 is 5.69 Å². The summed E-state index contributed by atoms with van der Waals surface area (Å²) in [6.45, 7) is 2.20. The van der Waals surface area contributed by atoms with Gasteiger partial charge in [0.05, 0.1) is 12.2 Å². The van der Waals surface area contributed by atoms with Crippen molar-refractivity contribution in [3.63, 3.8) is 0 Å². The molecule has 0 saturated heterocycles. The van der Waals surface area contributed by atoms with E-state index in [-0.39, 0.29) is 5.52 Å². The Kier molecular flexibility index (Phi) is 3.38. The SMILES string of the molecule is Cc1cc(-c2nc3c([nH]2)c(=O)[nH]c(=O)n3Cc2ccccc2)n(C)n1. The first kappa shape index (κ1) is 15.1. The van der Waals surface area contributed by atoms with Crippen molar-refractivity contribution in [1.82, 2.24) is 29.3 Å². The van der Waals surface area contributed by atoms with Crippen molar-refractivity contribution >= 4 is 11.2 Å². The zero-order valence-corrected chi connectivity index (χ0v) is 13.8. The Labute approximate surface area is 141 Å². The van der Waals surface area contributed by atoms with E-state index in [1.807, 2.05) is 43.3 Å². The third-order valence-corrected chi connectivity index (χ3v) is 4.06. The lowest BCUT2D eigenvalue weighted by Gasteiger charge is -2.05. The van der Waals surface area contributed by atoms with Crippen LogP contribution in [0.4, 0.5) is 0 Å². The fourth-order valence-electron chi connectivity index (χ4n) is 2.91. The summed E-state index contributed by atoms with van der Waals surface area (Å²) in [6.07, 6.45) is 0. The summed E-state index contributed by atoms with van der Waals surface area (Å²) in [5.74, 6) is 0.496. The molecule has 25 heavy (non-hydrogen) atoms. The minimum absolute atomic E-state index is 0.268. The average Bonchev–Trinajstić information content (AvgIpc) is 3.16. The van der Waals surface area contributed by atoms with E-state index >= 15 is 0 Å². The number of rotatable bonds is 3. The first-order valence-corrected chi connectivity index (χ1v) is 7.80. The van der Waals surface area contributed by atoms with Gasteiger partial charge in [-0.15, -0.1) is 0 Å². The summed E-state index contributed by atoms with van der Waals surface area (Å²) in [5.41, 5.74) is 2.15. The molecule has 8 nitrogen and oxygen atoms in total. The summed E-state index contributed by atoms with van der Waals surface area (Å²) >= 11 is 0. The largest absolute Gasteiger partial charge is 0.331 e. The molecule has 0 amide bonds. The molecule has 0 atom stereocenters. The normalized spacial score (nSPS) is 11.3. The maximum atomic E-state index is 12.3. The van der Waals surface area contributed by atoms with Crippen LogP contribution in [0.2, 0.25) is 0 Å². The van der Waals surface area contributed by atoms with Gasteiger partial charge in [0.25, 0.3) is 5.56 Å². The van der Waals surface area contributed by atoms with Gasteiger partial charge in [-0.1, -0.05) is 30.3 Å². The maximum Gasteiger partial charge on any atom is 0.330 e. The van der Waals surface area contributed by atoms with Gasteiger partial charge in [-0.3, -0.25) is 19.0 Å². The van der Waals surface area contributed by atoms with Crippen molar-refractivity contribution in [2.75, 3.05) is 0 Å². The van der Waals surface area contributed by atoms with Crippen molar-refractivity contribution in [2.45, 2.75) is 13.5 Å². The second-order valence-electron chi connectivity index (χ2n) is 5.91. The first-order valence-electron chi connectivity index (χ1n) is 7.80. The van der Waals surface area contributed by atoms with Crippen LogP contribution in [0.15, 0.2) is 46.0 Å². The number of H-pyrrole nitrogens is 2. The van der Waals surface area contributed by atoms with E-state index in [1.54, 1.807) is 11.7 Å². The summed E-state index contributed by atoms with van der Waals surface area (Å²) < 4.78 is 3.14. The van der Waals surface area contributed by atoms with Gasteiger partial charge in [0, 0.05) is 7.05 Å². The Morgan fingerprint density at radius 2 is 1.88 bits per heavy atom. The predicted molar refractivity (Wildman–Crippen MR) is 93.5 cm³/mol. The molecule has 0 aliphatic rings. The van der Waals surface area contributed by atoms with Crippen molar-refractivity contribution in [3.8, 4) is 11.5 Å². The molecular weight excluding hydrogens is 320 g/mol. The number of fused-ring (bicyclic) bond motifs is 1. The van der Waals surface area contributed by atoms with Crippen LogP contribution >= 0.6 is 0 Å². The highest BCUT2D eigenvalue weighted by molar-refractivity contribution is 5.74. The van der Waals surface area contributed by atoms with Crippen molar-refractivity contribution in [3.05, 3.63) is 68.5 Å². The number of hydrogen-bond donors (Lipinski definition) is 2. The molecule has 2 N–H and O–H groups in total. The minimum atomic E-state index is -0.486. The van der Waals surface area contributed by atoms with Crippen molar-refractivity contribution in [2.24, 2.45) is 7.05 Å². The number of nitrogens with zero attached hydrogens (tertiary/aromatic N) is 4. The van der Waals surface area contributed by atoms with E-state index in [1.165, 1.54) is 4.57 Å².